The third kappa shape index (κ3) is 7.25. The van der Waals surface area contributed by atoms with Crippen LogP contribution in [0.1, 0.15) is 56.9 Å². The largest absolute Gasteiger partial charge is 0.493 e. The minimum atomic E-state index is -3.34. The van der Waals surface area contributed by atoms with Gasteiger partial charge in [-0.2, -0.15) is 0 Å². The molecule has 13 heteroatoms. The van der Waals surface area contributed by atoms with Gasteiger partial charge >= 0.3 is 5.97 Å². The molecule has 41 heavy (non-hydrogen) atoms. The summed E-state index contributed by atoms with van der Waals surface area (Å²) in [6.07, 6.45) is 4.33. The third-order valence-electron chi connectivity index (χ3n) is 8.37. The first-order valence-electron chi connectivity index (χ1n) is 14.6. The molecule has 2 saturated heterocycles. The van der Waals surface area contributed by atoms with Gasteiger partial charge in [0, 0.05) is 44.7 Å². The minimum Gasteiger partial charge on any atom is -0.493 e. The Kier molecular flexibility index (Phi) is 10.7. The molecule has 3 N–H and O–H groups in total. The van der Waals surface area contributed by atoms with Crippen LogP contribution in [-0.2, 0) is 19.6 Å². The predicted octanol–water partition coefficient (Wildman–Crippen LogP) is 1.69. The Morgan fingerprint density at radius 3 is 2.63 bits per heavy atom. The monoisotopic (exact) mass is 596 g/mol. The van der Waals surface area contributed by atoms with Gasteiger partial charge in [-0.3, -0.25) is 14.5 Å². The molecule has 12 nitrogen and oxygen atoms in total. The fourth-order valence-electron chi connectivity index (χ4n) is 6.20. The van der Waals surface area contributed by atoms with Crippen LogP contribution in [0.15, 0.2) is 12.1 Å². The van der Waals surface area contributed by atoms with Gasteiger partial charge in [-0.05, 0) is 56.3 Å². The molecule has 4 rings (SSSR count). The number of unbranched alkanes of at least 4 members (excludes halogenated alkanes) is 2. The summed E-state index contributed by atoms with van der Waals surface area (Å²) in [5, 5.41) is 10.5. The van der Waals surface area contributed by atoms with Crippen LogP contribution in [0.5, 0.6) is 17.2 Å². The van der Waals surface area contributed by atoms with Gasteiger partial charge in [-0.1, -0.05) is 13.3 Å². The Morgan fingerprint density at radius 1 is 1.20 bits per heavy atom. The van der Waals surface area contributed by atoms with E-state index in [-0.39, 0.29) is 31.5 Å². The SMILES string of the molecule is CCCCN(CCCCN)C(=O)CN1CC(c2cc(OC)c3c(c2)OCO3)C(C(=O)O)C1CCN1CCCS1(=O)=O. The van der Waals surface area contributed by atoms with Crippen molar-refractivity contribution in [3.05, 3.63) is 17.7 Å². The molecule has 3 aliphatic rings. The number of aliphatic carboxylic acids is 1. The number of carboxylic acid groups (broad SMARTS) is 1. The molecule has 0 saturated carbocycles. The summed E-state index contributed by atoms with van der Waals surface area (Å²) in [6, 6.07) is 3.03. The van der Waals surface area contributed by atoms with E-state index < -0.39 is 33.9 Å². The molecule has 3 aliphatic heterocycles. The Hall–Kier alpha value is -2.61. The van der Waals surface area contributed by atoms with Crippen molar-refractivity contribution in [3.63, 3.8) is 0 Å². The summed E-state index contributed by atoms with van der Waals surface area (Å²) in [7, 11) is -1.82. The molecule has 0 radical (unpaired) electrons. The Morgan fingerprint density at radius 2 is 1.98 bits per heavy atom. The Bertz CT molecular complexity index is 1180. The second-order valence-corrected chi connectivity index (χ2v) is 13.1. The Labute approximate surface area is 242 Å². The molecular formula is C28H44N4O8S. The lowest BCUT2D eigenvalue weighted by molar-refractivity contribution is -0.143. The zero-order valence-electron chi connectivity index (χ0n) is 24.1. The molecular weight excluding hydrogens is 552 g/mol. The number of nitrogens with two attached hydrogens (primary N) is 1. The number of benzene rings is 1. The van der Waals surface area contributed by atoms with E-state index in [1.807, 2.05) is 9.80 Å². The maximum atomic E-state index is 13.6. The lowest BCUT2D eigenvalue weighted by atomic mass is 9.84. The molecule has 1 aromatic carbocycles. The zero-order chi connectivity index (χ0) is 29.6. The second kappa shape index (κ2) is 14.0. The molecule has 3 unspecified atom stereocenters. The summed E-state index contributed by atoms with van der Waals surface area (Å²) < 4.78 is 43.1. The number of hydrogen-bond donors (Lipinski definition) is 2. The number of carbonyl (C=O) groups is 2. The highest BCUT2D eigenvalue weighted by Crippen LogP contribution is 2.47. The molecule has 1 aromatic rings. The van der Waals surface area contributed by atoms with E-state index in [9.17, 15) is 23.1 Å². The number of carbonyl (C=O) groups excluding carboxylic acids is 1. The van der Waals surface area contributed by atoms with Crippen molar-refractivity contribution in [2.45, 2.75) is 57.4 Å². The van der Waals surface area contributed by atoms with Crippen LogP contribution in [0.4, 0.5) is 0 Å². The van der Waals surface area contributed by atoms with Crippen LogP contribution in [-0.4, -0.2) is 111 Å². The number of nitrogens with zero attached hydrogens (tertiary/aromatic N) is 3. The number of likely N-dealkylation sites (tertiary alicyclic amines) is 1. The molecule has 0 spiro atoms. The van der Waals surface area contributed by atoms with E-state index in [0.29, 0.717) is 62.8 Å². The average molecular weight is 597 g/mol. The van der Waals surface area contributed by atoms with E-state index in [4.69, 9.17) is 19.9 Å². The fraction of sp³-hybridized carbons (Fsp3) is 0.714. The highest BCUT2D eigenvalue weighted by molar-refractivity contribution is 7.89. The standard InChI is InChI=1S/C28H44N4O8S/c1-3-4-10-30(11-6-5-9-29)25(33)18-31-17-21(20-15-23(38-2)27-24(16-20)39-19-40-27)26(28(34)35)22(31)8-13-32-12-7-14-41(32,36)37/h15-16,21-22,26H,3-14,17-19,29H2,1-2H3,(H,34,35). The van der Waals surface area contributed by atoms with Crippen molar-refractivity contribution in [2.75, 3.05) is 65.5 Å². The predicted molar refractivity (Wildman–Crippen MR) is 153 cm³/mol. The minimum absolute atomic E-state index is 0.0491. The molecule has 230 valence electrons. The second-order valence-electron chi connectivity index (χ2n) is 11.0. The van der Waals surface area contributed by atoms with Gasteiger partial charge in [0.25, 0.3) is 0 Å². The molecule has 0 aliphatic carbocycles. The number of carboxylic acids is 1. The highest BCUT2D eigenvalue weighted by Gasteiger charge is 2.48. The smallest absolute Gasteiger partial charge is 0.308 e. The first-order chi connectivity index (χ1) is 19.7. The van der Waals surface area contributed by atoms with Gasteiger partial charge in [-0.25, -0.2) is 12.7 Å². The molecule has 3 heterocycles. The molecule has 1 amide bonds. The lowest BCUT2D eigenvalue weighted by Gasteiger charge is -2.30. The van der Waals surface area contributed by atoms with Gasteiger partial charge in [-0.15, -0.1) is 0 Å². The first-order valence-corrected chi connectivity index (χ1v) is 16.2. The van der Waals surface area contributed by atoms with Crippen molar-refractivity contribution in [2.24, 2.45) is 11.7 Å². The van der Waals surface area contributed by atoms with Crippen LogP contribution in [0.3, 0.4) is 0 Å². The van der Waals surface area contributed by atoms with E-state index in [2.05, 4.69) is 6.92 Å². The third-order valence-corrected chi connectivity index (χ3v) is 10.3. The van der Waals surface area contributed by atoms with Crippen LogP contribution in [0.2, 0.25) is 0 Å². The molecule has 0 bridgehead atoms. The normalized spacial score (nSPS) is 23.6. The van der Waals surface area contributed by atoms with E-state index in [1.54, 1.807) is 12.1 Å². The summed E-state index contributed by atoms with van der Waals surface area (Å²) >= 11 is 0. The topological polar surface area (TPSA) is 152 Å². The average Bonchev–Trinajstić information content (AvgIpc) is 3.65. The van der Waals surface area contributed by atoms with Gasteiger partial charge in [0.15, 0.2) is 11.5 Å². The number of sulfonamides is 1. The quantitative estimate of drug-likeness (QED) is 0.286. The van der Waals surface area contributed by atoms with Gasteiger partial charge in [0.2, 0.25) is 28.5 Å². The zero-order valence-corrected chi connectivity index (χ0v) is 24.9. The van der Waals surface area contributed by atoms with Crippen molar-refractivity contribution in [3.8, 4) is 17.2 Å². The summed E-state index contributed by atoms with van der Waals surface area (Å²) in [6.45, 7) is 4.96. The van der Waals surface area contributed by atoms with Crippen LogP contribution in [0.25, 0.3) is 0 Å². The van der Waals surface area contributed by atoms with Crippen molar-refractivity contribution >= 4 is 21.9 Å². The van der Waals surface area contributed by atoms with Crippen LogP contribution < -0.4 is 19.9 Å². The number of amides is 1. The van der Waals surface area contributed by atoms with E-state index in [1.165, 1.54) is 11.4 Å². The number of rotatable bonds is 15. The summed E-state index contributed by atoms with van der Waals surface area (Å²) in [5.74, 6) is -0.832. The van der Waals surface area contributed by atoms with E-state index >= 15 is 0 Å². The van der Waals surface area contributed by atoms with Gasteiger partial charge in [0.05, 0.1) is 25.3 Å². The summed E-state index contributed by atoms with van der Waals surface area (Å²) in [5.41, 5.74) is 6.39. The first kappa shape index (κ1) is 31.3. The van der Waals surface area contributed by atoms with Gasteiger partial charge in [0.1, 0.15) is 0 Å². The van der Waals surface area contributed by atoms with Crippen LogP contribution >= 0.6 is 0 Å². The number of hydrogen-bond acceptors (Lipinski definition) is 9. The number of fused-ring (bicyclic) bond motifs is 1. The molecule has 2 fully saturated rings. The lowest BCUT2D eigenvalue weighted by Crippen LogP contribution is -2.45. The number of methoxy groups -OCH3 is 1. The van der Waals surface area contributed by atoms with Crippen molar-refractivity contribution in [1.29, 1.82) is 0 Å². The molecule has 3 atom stereocenters. The van der Waals surface area contributed by atoms with Gasteiger partial charge < -0.3 is 30.0 Å². The highest BCUT2D eigenvalue weighted by atomic mass is 32.2. The molecule has 0 aromatic heterocycles. The number of ether oxygens (including phenoxy) is 3. The Balaban J connectivity index is 1.62. The fourth-order valence-corrected chi connectivity index (χ4v) is 7.75. The van der Waals surface area contributed by atoms with Crippen LogP contribution in [0, 0.1) is 5.92 Å². The van der Waals surface area contributed by atoms with E-state index in [0.717, 1.165) is 31.2 Å². The van der Waals surface area contributed by atoms with Crippen molar-refractivity contribution in [1.82, 2.24) is 14.1 Å². The summed E-state index contributed by atoms with van der Waals surface area (Å²) in [4.78, 5) is 30.3. The van der Waals surface area contributed by atoms with Crippen molar-refractivity contribution < 1.29 is 37.3 Å². The maximum Gasteiger partial charge on any atom is 0.308 e. The maximum absolute atomic E-state index is 13.6.